The second-order valence-electron chi connectivity index (χ2n) is 3.40. The van der Waals surface area contributed by atoms with Crippen molar-refractivity contribution in [1.29, 1.82) is 0 Å². The van der Waals surface area contributed by atoms with Gasteiger partial charge in [0, 0.05) is 18.0 Å². The first kappa shape index (κ1) is 8.14. The molecule has 1 heterocycles. The van der Waals surface area contributed by atoms with E-state index in [2.05, 4.69) is 42.8 Å². The number of thiol groups is 1. The summed E-state index contributed by atoms with van der Waals surface area (Å²) >= 11 is 4.45. The summed E-state index contributed by atoms with van der Waals surface area (Å²) in [5, 5.41) is 0. The maximum Gasteiger partial charge on any atom is 0.0233 e. The molecule has 0 saturated carbocycles. The molecular weight excluding hydrogens is 166 g/mol. The normalized spacial score (nSPS) is 17.5. The van der Waals surface area contributed by atoms with Crippen molar-refractivity contribution in [3.63, 3.8) is 0 Å². The third-order valence-electron chi connectivity index (χ3n) is 2.43. The van der Waals surface area contributed by atoms with E-state index in [-0.39, 0.29) is 0 Å². The highest BCUT2D eigenvalue weighted by atomic mass is 32.1. The van der Waals surface area contributed by atoms with Crippen molar-refractivity contribution >= 4 is 12.6 Å². The number of likely N-dealkylation sites (N-methyl/N-ethyl adjacent to an activating group) is 1. The minimum Gasteiger partial charge on any atom is -0.302 e. The zero-order valence-corrected chi connectivity index (χ0v) is 8.14. The molecule has 0 bridgehead atoms. The van der Waals surface area contributed by atoms with Gasteiger partial charge in [0.2, 0.25) is 0 Å². The van der Waals surface area contributed by atoms with E-state index in [4.69, 9.17) is 0 Å². The van der Waals surface area contributed by atoms with Gasteiger partial charge < -0.3 is 4.90 Å². The van der Waals surface area contributed by atoms with Crippen LogP contribution in [0.25, 0.3) is 0 Å². The highest BCUT2D eigenvalue weighted by Gasteiger charge is 2.13. The minimum atomic E-state index is 1.07. The molecule has 2 rings (SSSR count). The average molecular weight is 179 g/mol. The number of hydrogen-bond acceptors (Lipinski definition) is 2. The van der Waals surface area contributed by atoms with Crippen LogP contribution in [-0.4, -0.2) is 18.5 Å². The summed E-state index contributed by atoms with van der Waals surface area (Å²) < 4.78 is 0. The summed E-state index contributed by atoms with van der Waals surface area (Å²) in [6.45, 7) is 2.23. The largest absolute Gasteiger partial charge is 0.302 e. The molecule has 1 aliphatic rings. The number of rotatable bonds is 0. The predicted molar refractivity (Wildman–Crippen MR) is 53.7 cm³/mol. The Bertz CT molecular complexity index is 296. The Labute approximate surface area is 78.8 Å². The summed E-state index contributed by atoms with van der Waals surface area (Å²) in [6, 6.07) is 6.36. The van der Waals surface area contributed by atoms with Gasteiger partial charge in [0.05, 0.1) is 0 Å². The minimum absolute atomic E-state index is 1.07. The van der Waals surface area contributed by atoms with E-state index in [1.165, 1.54) is 11.1 Å². The van der Waals surface area contributed by atoms with Crippen LogP contribution in [0, 0.1) is 0 Å². The number of fused-ring (bicyclic) bond motifs is 1. The van der Waals surface area contributed by atoms with Gasteiger partial charge in [0.1, 0.15) is 0 Å². The van der Waals surface area contributed by atoms with E-state index >= 15 is 0 Å². The zero-order valence-electron chi connectivity index (χ0n) is 7.25. The monoisotopic (exact) mass is 179 g/mol. The van der Waals surface area contributed by atoms with Gasteiger partial charge in [-0.1, -0.05) is 12.1 Å². The molecule has 1 aliphatic heterocycles. The SMILES string of the molecule is CN1CCc2c(S)cccc2C1. The van der Waals surface area contributed by atoms with Gasteiger partial charge in [0.25, 0.3) is 0 Å². The molecule has 0 spiro atoms. The molecule has 0 aliphatic carbocycles. The van der Waals surface area contributed by atoms with Crippen LogP contribution in [0.15, 0.2) is 23.1 Å². The third-order valence-corrected chi connectivity index (χ3v) is 2.85. The molecule has 1 nitrogen and oxygen atoms in total. The summed E-state index contributed by atoms with van der Waals surface area (Å²) in [5.41, 5.74) is 2.88. The maximum absolute atomic E-state index is 4.45. The van der Waals surface area contributed by atoms with Gasteiger partial charge >= 0.3 is 0 Å². The molecule has 0 saturated heterocycles. The van der Waals surface area contributed by atoms with Gasteiger partial charge in [-0.25, -0.2) is 0 Å². The van der Waals surface area contributed by atoms with Crippen LogP contribution in [0.4, 0.5) is 0 Å². The standard InChI is InChI=1S/C10H13NS/c1-11-6-5-9-8(7-11)3-2-4-10(9)12/h2-4,12H,5-7H2,1H3. The van der Waals surface area contributed by atoms with Crippen molar-refractivity contribution in [3.05, 3.63) is 29.3 Å². The van der Waals surface area contributed by atoms with Crippen LogP contribution in [-0.2, 0) is 13.0 Å². The highest BCUT2D eigenvalue weighted by Crippen LogP contribution is 2.23. The Morgan fingerprint density at radius 2 is 2.25 bits per heavy atom. The summed E-state index contributed by atoms with van der Waals surface area (Å²) in [5.74, 6) is 0. The number of nitrogens with zero attached hydrogens (tertiary/aromatic N) is 1. The van der Waals surface area contributed by atoms with Crippen LogP contribution < -0.4 is 0 Å². The van der Waals surface area contributed by atoms with Gasteiger partial charge in [0.15, 0.2) is 0 Å². The molecule has 1 aromatic carbocycles. The molecule has 0 aromatic heterocycles. The second kappa shape index (κ2) is 3.11. The topological polar surface area (TPSA) is 3.24 Å². The Kier molecular flexibility index (Phi) is 2.11. The van der Waals surface area contributed by atoms with Gasteiger partial charge in [-0.3, -0.25) is 0 Å². The van der Waals surface area contributed by atoms with Crippen LogP contribution in [0.3, 0.4) is 0 Å². The molecule has 12 heavy (non-hydrogen) atoms. The smallest absolute Gasteiger partial charge is 0.0233 e. The molecule has 0 amide bonds. The molecule has 1 aromatic rings. The maximum atomic E-state index is 4.45. The summed E-state index contributed by atoms with van der Waals surface area (Å²) in [4.78, 5) is 3.50. The van der Waals surface area contributed by atoms with E-state index in [9.17, 15) is 0 Å². The molecule has 0 unspecified atom stereocenters. The van der Waals surface area contributed by atoms with Crippen molar-refractivity contribution in [2.24, 2.45) is 0 Å². The second-order valence-corrected chi connectivity index (χ2v) is 3.88. The quantitative estimate of drug-likeness (QED) is 0.596. The zero-order chi connectivity index (χ0) is 8.55. The van der Waals surface area contributed by atoms with Crippen molar-refractivity contribution in [3.8, 4) is 0 Å². The Balaban J connectivity index is 2.42. The summed E-state index contributed by atoms with van der Waals surface area (Å²) in [6.07, 6.45) is 1.14. The number of benzene rings is 1. The lowest BCUT2D eigenvalue weighted by Crippen LogP contribution is -2.26. The van der Waals surface area contributed by atoms with Crippen molar-refractivity contribution in [1.82, 2.24) is 4.90 Å². The predicted octanol–water partition coefficient (Wildman–Crippen LogP) is 1.96. The Morgan fingerprint density at radius 1 is 1.42 bits per heavy atom. The fourth-order valence-electron chi connectivity index (χ4n) is 1.73. The lowest BCUT2D eigenvalue weighted by Gasteiger charge is -2.25. The first-order chi connectivity index (χ1) is 5.77. The van der Waals surface area contributed by atoms with Crippen molar-refractivity contribution in [2.75, 3.05) is 13.6 Å². The van der Waals surface area contributed by atoms with E-state index < -0.39 is 0 Å². The van der Waals surface area contributed by atoms with Crippen LogP contribution in [0.2, 0.25) is 0 Å². The van der Waals surface area contributed by atoms with Gasteiger partial charge in [-0.15, -0.1) is 12.6 Å². The molecule has 64 valence electrons. The summed E-state index contributed by atoms with van der Waals surface area (Å²) in [7, 11) is 2.16. The fraction of sp³-hybridized carbons (Fsp3) is 0.400. The lowest BCUT2D eigenvalue weighted by molar-refractivity contribution is 0.311. The van der Waals surface area contributed by atoms with Crippen LogP contribution in [0.1, 0.15) is 11.1 Å². The first-order valence-corrected chi connectivity index (χ1v) is 4.70. The van der Waals surface area contributed by atoms with Gasteiger partial charge in [-0.05, 0) is 30.7 Å². The lowest BCUT2D eigenvalue weighted by atomic mass is 10.0. The Hall–Kier alpha value is -0.470. The first-order valence-electron chi connectivity index (χ1n) is 4.25. The highest BCUT2D eigenvalue weighted by molar-refractivity contribution is 7.80. The molecule has 0 N–H and O–H groups in total. The molecule has 0 fully saturated rings. The molecule has 2 heteroatoms. The Morgan fingerprint density at radius 3 is 3.08 bits per heavy atom. The average Bonchev–Trinajstić information content (AvgIpc) is 2.04. The van der Waals surface area contributed by atoms with Crippen LogP contribution >= 0.6 is 12.6 Å². The van der Waals surface area contributed by atoms with Gasteiger partial charge in [-0.2, -0.15) is 0 Å². The van der Waals surface area contributed by atoms with Crippen molar-refractivity contribution in [2.45, 2.75) is 17.9 Å². The molecule has 0 radical (unpaired) electrons. The molecule has 0 atom stereocenters. The fourth-order valence-corrected chi connectivity index (χ4v) is 2.07. The van der Waals surface area contributed by atoms with E-state index in [1.807, 2.05) is 0 Å². The molecular formula is C10H13NS. The van der Waals surface area contributed by atoms with Crippen molar-refractivity contribution < 1.29 is 0 Å². The third kappa shape index (κ3) is 1.37. The van der Waals surface area contributed by atoms with Crippen LogP contribution in [0.5, 0.6) is 0 Å². The van der Waals surface area contributed by atoms with E-state index in [0.29, 0.717) is 0 Å². The van der Waals surface area contributed by atoms with E-state index in [0.717, 1.165) is 24.4 Å². The van der Waals surface area contributed by atoms with E-state index in [1.54, 1.807) is 0 Å². The number of hydrogen-bond donors (Lipinski definition) is 1.